The van der Waals surface area contributed by atoms with Crippen molar-refractivity contribution >= 4 is 5.91 Å². The van der Waals surface area contributed by atoms with Crippen molar-refractivity contribution in [1.82, 2.24) is 15.5 Å². The molecule has 21 heavy (non-hydrogen) atoms. The molecule has 1 aliphatic rings. The number of hydrogen-bond donors (Lipinski definition) is 2. The van der Waals surface area contributed by atoms with Gasteiger partial charge in [-0.1, -0.05) is 20.3 Å². The Labute approximate surface area is 131 Å². The Balaban J connectivity index is 2.22. The Morgan fingerprint density at radius 3 is 2.43 bits per heavy atom. The minimum Gasteiger partial charge on any atom is -0.353 e. The van der Waals surface area contributed by atoms with Gasteiger partial charge in [-0.05, 0) is 65.1 Å². The van der Waals surface area contributed by atoms with Gasteiger partial charge in [-0.15, -0.1) is 0 Å². The second kappa shape index (κ2) is 10.2. The quantitative estimate of drug-likeness (QED) is 0.687. The average Bonchev–Trinajstić information content (AvgIpc) is 2.45. The molecule has 2 N–H and O–H groups in total. The molecule has 0 radical (unpaired) electrons. The van der Waals surface area contributed by atoms with E-state index in [-0.39, 0.29) is 5.91 Å². The third kappa shape index (κ3) is 7.28. The van der Waals surface area contributed by atoms with E-state index in [0.29, 0.717) is 18.6 Å². The van der Waals surface area contributed by atoms with Crippen LogP contribution in [0.1, 0.15) is 59.8 Å². The molecule has 0 bridgehead atoms. The number of nitrogens with one attached hydrogen (secondary N) is 2. The number of piperidine rings is 1. The molecule has 2 unspecified atom stereocenters. The summed E-state index contributed by atoms with van der Waals surface area (Å²) < 4.78 is 0. The number of carbonyl (C=O) groups is 1. The van der Waals surface area contributed by atoms with Gasteiger partial charge in [-0.25, -0.2) is 0 Å². The summed E-state index contributed by atoms with van der Waals surface area (Å²) in [7, 11) is 0. The highest BCUT2D eigenvalue weighted by Crippen LogP contribution is 2.20. The van der Waals surface area contributed by atoms with Gasteiger partial charge >= 0.3 is 0 Å². The number of nitrogens with zero attached hydrogens (tertiary/aromatic N) is 1. The highest BCUT2D eigenvalue weighted by Gasteiger charge is 2.24. The summed E-state index contributed by atoms with van der Waals surface area (Å²) in [5, 5.41) is 6.70. The lowest BCUT2D eigenvalue weighted by Gasteiger charge is -2.35. The van der Waals surface area contributed by atoms with Crippen molar-refractivity contribution in [2.45, 2.75) is 71.9 Å². The van der Waals surface area contributed by atoms with Gasteiger partial charge in [0.2, 0.25) is 5.91 Å². The van der Waals surface area contributed by atoms with Crippen LogP contribution in [0.25, 0.3) is 0 Å². The average molecular weight is 297 g/mol. The molecule has 0 saturated carbocycles. The maximum atomic E-state index is 12.0. The van der Waals surface area contributed by atoms with E-state index >= 15 is 0 Å². The summed E-state index contributed by atoms with van der Waals surface area (Å²) in [5.74, 6) is 0.946. The van der Waals surface area contributed by atoms with Crippen molar-refractivity contribution in [3.05, 3.63) is 0 Å². The SMILES string of the molecule is CCCNC(C)C1CCN(CC(=O)NC(C)CCC)CC1. The lowest BCUT2D eigenvalue weighted by Crippen LogP contribution is -2.46. The Morgan fingerprint density at radius 2 is 1.86 bits per heavy atom. The minimum atomic E-state index is 0.187. The van der Waals surface area contributed by atoms with Crippen LogP contribution in [0.2, 0.25) is 0 Å². The van der Waals surface area contributed by atoms with Gasteiger partial charge in [-0.2, -0.15) is 0 Å². The van der Waals surface area contributed by atoms with Crippen molar-refractivity contribution in [3.8, 4) is 0 Å². The second-order valence-electron chi connectivity index (χ2n) is 6.61. The van der Waals surface area contributed by atoms with E-state index in [0.717, 1.165) is 38.4 Å². The molecule has 0 aromatic carbocycles. The molecule has 1 saturated heterocycles. The van der Waals surface area contributed by atoms with E-state index in [9.17, 15) is 4.79 Å². The second-order valence-corrected chi connectivity index (χ2v) is 6.61. The van der Waals surface area contributed by atoms with Crippen LogP contribution >= 0.6 is 0 Å². The molecular weight excluding hydrogens is 262 g/mol. The largest absolute Gasteiger partial charge is 0.353 e. The fourth-order valence-corrected chi connectivity index (χ4v) is 3.18. The molecule has 4 nitrogen and oxygen atoms in total. The number of carbonyl (C=O) groups excluding carboxylic acids is 1. The van der Waals surface area contributed by atoms with Crippen LogP contribution in [-0.2, 0) is 4.79 Å². The molecule has 0 aliphatic carbocycles. The highest BCUT2D eigenvalue weighted by molar-refractivity contribution is 5.78. The Morgan fingerprint density at radius 1 is 1.19 bits per heavy atom. The summed E-state index contributed by atoms with van der Waals surface area (Å²) >= 11 is 0. The Hall–Kier alpha value is -0.610. The van der Waals surface area contributed by atoms with E-state index in [1.165, 1.54) is 19.3 Å². The number of amides is 1. The van der Waals surface area contributed by atoms with Gasteiger partial charge in [-0.3, -0.25) is 9.69 Å². The third-order valence-electron chi connectivity index (χ3n) is 4.55. The molecule has 1 fully saturated rings. The number of hydrogen-bond acceptors (Lipinski definition) is 3. The first-order valence-electron chi connectivity index (χ1n) is 8.81. The van der Waals surface area contributed by atoms with Crippen molar-refractivity contribution in [2.24, 2.45) is 5.92 Å². The molecular formula is C17H35N3O. The van der Waals surface area contributed by atoms with Gasteiger partial charge in [0.15, 0.2) is 0 Å². The lowest BCUT2D eigenvalue weighted by molar-refractivity contribution is -0.123. The van der Waals surface area contributed by atoms with Gasteiger partial charge in [0.05, 0.1) is 6.54 Å². The Bertz CT molecular complexity index is 288. The first-order valence-corrected chi connectivity index (χ1v) is 8.81. The van der Waals surface area contributed by atoms with Gasteiger partial charge in [0.25, 0.3) is 0 Å². The van der Waals surface area contributed by atoms with Crippen LogP contribution < -0.4 is 10.6 Å². The molecule has 1 amide bonds. The van der Waals surface area contributed by atoms with E-state index in [4.69, 9.17) is 0 Å². The monoisotopic (exact) mass is 297 g/mol. The maximum absolute atomic E-state index is 12.0. The fourth-order valence-electron chi connectivity index (χ4n) is 3.18. The molecule has 124 valence electrons. The minimum absolute atomic E-state index is 0.187. The molecule has 0 spiro atoms. The van der Waals surface area contributed by atoms with E-state index < -0.39 is 0 Å². The summed E-state index contributed by atoms with van der Waals surface area (Å²) in [6.07, 6.45) is 5.79. The molecule has 1 heterocycles. The van der Waals surface area contributed by atoms with Crippen LogP contribution in [-0.4, -0.2) is 49.1 Å². The predicted molar refractivity (Wildman–Crippen MR) is 89.4 cm³/mol. The van der Waals surface area contributed by atoms with Gasteiger partial charge in [0, 0.05) is 12.1 Å². The summed E-state index contributed by atoms with van der Waals surface area (Å²) in [5.41, 5.74) is 0. The van der Waals surface area contributed by atoms with Crippen LogP contribution in [0, 0.1) is 5.92 Å². The Kier molecular flexibility index (Phi) is 8.93. The first kappa shape index (κ1) is 18.4. The van der Waals surface area contributed by atoms with E-state index in [2.05, 4.69) is 43.2 Å². The fraction of sp³-hybridized carbons (Fsp3) is 0.941. The zero-order chi connectivity index (χ0) is 15.7. The predicted octanol–water partition coefficient (Wildman–Crippen LogP) is 2.39. The summed E-state index contributed by atoms with van der Waals surface area (Å²) in [6.45, 7) is 12.5. The summed E-state index contributed by atoms with van der Waals surface area (Å²) in [6, 6.07) is 0.906. The number of rotatable bonds is 9. The van der Waals surface area contributed by atoms with Crippen LogP contribution in [0.4, 0.5) is 0 Å². The number of likely N-dealkylation sites (tertiary alicyclic amines) is 1. The van der Waals surface area contributed by atoms with Crippen LogP contribution in [0.3, 0.4) is 0 Å². The molecule has 0 aromatic rings. The standard InChI is InChI=1S/C17H35N3O/c1-5-7-14(3)19-17(21)13-20-11-8-16(9-12-20)15(4)18-10-6-2/h14-16,18H,5-13H2,1-4H3,(H,19,21). The van der Waals surface area contributed by atoms with E-state index in [1.807, 2.05) is 0 Å². The molecule has 1 rings (SSSR count). The summed E-state index contributed by atoms with van der Waals surface area (Å²) in [4.78, 5) is 14.3. The zero-order valence-electron chi connectivity index (χ0n) is 14.5. The molecule has 1 aliphatic heterocycles. The topological polar surface area (TPSA) is 44.4 Å². The van der Waals surface area contributed by atoms with Crippen molar-refractivity contribution in [2.75, 3.05) is 26.2 Å². The zero-order valence-corrected chi connectivity index (χ0v) is 14.5. The van der Waals surface area contributed by atoms with Crippen molar-refractivity contribution < 1.29 is 4.79 Å². The molecule has 4 heteroatoms. The third-order valence-corrected chi connectivity index (χ3v) is 4.55. The van der Waals surface area contributed by atoms with Gasteiger partial charge in [0.1, 0.15) is 0 Å². The van der Waals surface area contributed by atoms with Crippen LogP contribution in [0.15, 0.2) is 0 Å². The smallest absolute Gasteiger partial charge is 0.234 e. The van der Waals surface area contributed by atoms with Crippen molar-refractivity contribution in [1.29, 1.82) is 0 Å². The van der Waals surface area contributed by atoms with Crippen LogP contribution in [0.5, 0.6) is 0 Å². The van der Waals surface area contributed by atoms with Crippen molar-refractivity contribution in [3.63, 3.8) is 0 Å². The lowest BCUT2D eigenvalue weighted by atomic mass is 9.90. The van der Waals surface area contributed by atoms with E-state index in [1.54, 1.807) is 0 Å². The highest BCUT2D eigenvalue weighted by atomic mass is 16.2. The normalized spacial score (nSPS) is 20.2. The molecule has 2 atom stereocenters. The molecule has 0 aromatic heterocycles. The first-order chi connectivity index (χ1) is 10.1. The maximum Gasteiger partial charge on any atom is 0.234 e. The van der Waals surface area contributed by atoms with Gasteiger partial charge < -0.3 is 10.6 Å².